The van der Waals surface area contributed by atoms with Crippen molar-refractivity contribution < 1.29 is 9.53 Å². The van der Waals surface area contributed by atoms with E-state index in [0.717, 1.165) is 24.8 Å². The summed E-state index contributed by atoms with van der Waals surface area (Å²) >= 11 is 0. The van der Waals surface area contributed by atoms with Gasteiger partial charge in [0, 0.05) is 5.56 Å². The molecule has 2 unspecified atom stereocenters. The van der Waals surface area contributed by atoms with Crippen molar-refractivity contribution >= 4 is 22.8 Å². The Morgan fingerprint density at radius 2 is 2.04 bits per heavy atom. The van der Waals surface area contributed by atoms with Gasteiger partial charge < -0.3 is 4.74 Å². The van der Waals surface area contributed by atoms with Crippen molar-refractivity contribution in [2.75, 3.05) is 0 Å². The summed E-state index contributed by atoms with van der Waals surface area (Å²) in [6, 6.07) is 10.7. The minimum Gasteiger partial charge on any atom is -0.458 e. The lowest BCUT2D eigenvalue weighted by Crippen LogP contribution is -2.17. The molecule has 0 saturated heterocycles. The monoisotopic (exact) mass is 308 g/mol. The summed E-state index contributed by atoms with van der Waals surface area (Å²) in [4.78, 5) is 12.2. The van der Waals surface area contributed by atoms with Crippen molar-refractivity contribution in [2.24, 2.45) is 5.92 Å². The van der Waals surface area contributed by atoms with Gasteiger partial charge in [0.1, 0.15) is 6.10 Å². The van der Waals surface area contributed by atoms with Crippen molar-refractivity contribution in [1.82, 2.24) is 0 Å². The Hall–Kier alpha value is -2.09. The van der Waals surface area contributed by atoms with Crippen LogP contribution in [0.2, 0.25) is 0 Å². The molecule has 1 aliphatic rings. The molecule has 120 valence electrons. The molecule has 2 nitrogen and oxygen atoms in total. The van der Waals surface area contributed by atoms with E-state index < -0.39 is 0 Å². The van der Waals surface area contributed by atoms with Crippen molar-refractivity contribution in [3.63, 3.8) is 0 Å². The lowest BCUT2D eigenvalue weighted by atomic mass is 9.87. The lowest BCUT2D eigenvalue weighted by Gasteiger charge is -2.23. The third kappa shape index (κ3) is 3.03. The highest BCUT2D eigenvalue weighted by Crippen LogP contribution is 2.36. The zero-order chi connectivity index (χ0) is 16.4. The highest BCUT2D eigenvalue weighted by Gasteiger charge is 2.22. The summed E-state index contributed by atoms with van der Waals surface area (Å²) in [7, 11) is 0. The lowest BCUT2D eigenvalue weighted by molar-refractivity contribution is -0.153. The number of hydrogen-bond donors (Lipinski definition) is 0. The molecule has 2 aromatic rings. The maximum atomic E-state index is 12.2. The van der Waals surface area contributed by atoms with Gasteiger partial charge in [-0.1, -0.05) is 56.3 Å². The van der Waals surface area contributed by atoms with Gasteiger partial charge in [-0.2, -0.15) is 0 Å². The smallest absolute Gasteiger partial charge is 0.309 e. The van der Waals surface area contributed by atoms with Crippen LogP contribution >= 0.6 is 0 Å². The predicted octanol–water partition coefficient (Wildman–Crippen LogP) is 5.45. The molecule has 0 amide bonds. The third-order valence-corrected chi connectivity index (χ3v) is 4.80. The van der Waals surface area contributed by atoms with Crippen molar-refractivity contribution in [3.8, 4) is 0 Å². The van der Waals surface area contributed by atoms with Gasteiger partial charge in [0.2, 0.25) is 0 Å². The van der Waals surface area contributed by atoms with Gasteiger partial charge in [-0.25, -0.2) is 0 Å². The van der Waals surface area contributed by atoms with Crippen LogP contribution in [0, 0.1) is 5.92 Å². The minimum atomic E-state index is -0.237. The molecule has 0 bridgehead atoms. The number of esters is 1. The first-order chi connectivity index (χ1) is 11.1. The molecular weight excluding hydrogens is 284 g/mol. The van der Waals surface area contributed by atoms with E-state index in [1.54, 1.807) is 0 Å². The van der Waals surface area contributed by atoms with Gasteiger partial charge in [-0.3, -0.25) is 4.79 Å². The highest BCUT2D eigenvalue weighted by atomic mass is 16.5. The largest absolute Gasteiger partial charge is 0.458 e. The highest BCUT2D eigenvalue weighted by molar-refractivity contribution is 5.91. The molecule has 2 heteroatoms. The second-order valence-electron chi connectivity index (χ2n) is 6.41. The van der Waals surface area contributed by atoms with Crippen LogP contribution in [0.15, 0.2) is 36.4 Å². The van der Waals surface area contributed by atoms with E-state index in [1.807, 2.05) is 26.8 Å². The Morgan fingerprint density at radius 1 is 1.26 bits per heavy atom. The summed E-state index contributed by atoms with van der Waals surface area (Å²) < 4.78 is 5.79. The molecule has 0 radical (unpaired) electrons. The average molecular weight is 308 g/mol. The van der Waals surface area contributed by atoms with E-state index >= 15 is 0 Å². The van der Waals surface area contributed by atoms with Crippen molar-refractivity contribution in [1.29, 1.82) is 0 Å². The van der Waals surface area contributed by atoms with Gasteiger partial charge in [0.15, 0.2) is 0 Å². The molecule has 0 aromatic heterocycles. The van der Waals surface area contributed by atoms with Crippen LogP contribution in [0.1, 0.15) is 56.4 Å². The molecule has 0 heterocycles. The SMILES string of the molecule is CCC(C)C(=O)OC(C)c1c2c(cc3ccccc13)CCC=C2. The van der Waals surface area contributed by atoms with Gasteiger partial charge in [0.25, 0.3) is 0 Å². The third-order valence-electron chi connectivity index (χ3n) is 4.80. The minimum absolute atomic E-state index is 0.0567. The Morgan fingerprint density at radius 3 is 2.83 bits per heavy atom. The molecule has 2 atom stereocenters. The number of carbonyl (C=O) groups is 1. The second-order valence-corrected chi connectivity index (χ2v) is 6.41. The molecule has 0 saturated carbocycles. The van der Waals surface area contributed by atoms with E-state index in [9.17, 15) is 4.79 Å². The summed E-state index contributed by atoms with van der Waals surface area (Å²) in [5.74, 6) is -0.166. The Bertz CT molecular complexity index is 758. The number of hydrogen-bond acceptors (Lipinski definition) is 2. The number of carbonyl (C=O) groups excluding carboxylic acids is 1. The molecule has 23 heavy (non-hydrogen) atoms. The maximum absolute atomic E-state index is 12.2. The summed E-state index contributed by atoms with van der Waals surface area (Å²) in [5.41, 5.74) is 3.73. The second kappa shape index (κ2) is 6.57. The number of rotatable bonds is 4. The van der Waals surface area contributed by atoms with Crippen LogP contribution in [0.3, 0.4) is 0 Å². The molecule has 0 aliphatic heterocycles. The normalized spacial score (nSPS) is 16.0. The van der Waals surface area contributed by atoms with E-state index in [-0.39, 0.29) is 18.0 Å². The number of benzene rings is 2. The van der Waals surface area contributed by atoms with Crippen LogP contribution in [0.4, 0.5) is 0 Å². The van der Waals surface area contributed by atoms with Gasteiger partial charge in [-0.15, -0.1) is 0 Å². The van der Waals surface area contributed by atoms with Crippen LogP contribution in [0.25, 0.3) is 16.8 Å². The van der Waals surface area contributed by atoms with E-state index in [4.69, 9.17) is 4.74 Å². The van der Waals surface area contributed by atoms with Gasteiger partial charge in [-0.05, 0) is 48.1 Å². The van der Waals surface area contributed by atoms with Crippen LogP contribution < -0.4 is 0 Å². The average Bonchev–Trinajstić information content (AvgIpc) is 2.58. The molecular formula is C21H24O2. The number of ether oxygens (including phenoxy) is 1. The van der Waals surface area contributed by atoms with Crippen molar-refractivity contribution in [2.45, 2.75) is 46.1 Å². The predicted molar refractivity (Wildman–Crippen MR) is 95.3 cm³/mol. The number of fused-ring (bicyclic) bond motifs is 2. The molecule has 3 rings (SSSR count). The quantitative estimate of drug-likeness (QED) is 0.702. The van der Waals surface area contributed by atoms with E-state index in [2.05, 4.69) is 36.4 Å². The number of aryl methyl sites for hydroxylation is 1. The zero-order valence-corrected chi connectivity index (χ0v) is 14.1. The molecule has 1 aliphatic carbocycles. The maximum Gasteiger partial charge on any atom is 0.309 e. The summed E-state index contributed by atoms with van der Waals surface area (Å²) in [6.07, 6.45) is 7.10. The zero-order valence-electron chi connectivity index (χ0n) is 14.1. The van der Waals surface area contributed by atoms with E-state index in [1.165, 1.54) is 21.9 Å². The van der Waals surface area contributed by atoms with Crippen LogP contribution in [-0.2, 0) is 16.0 Å². The molecule has 2 aromatic carbocycles. The van der Waals surface area contributed by atoms with Crippen molar-refractivity contribution in [3.05, 3.63) is 53.1 Å². The topological polar surface area (TPSA) is 26.3 Å². The molecule has 0 N–H and O–H groups in total. The molecule has 0 fully saturated rings. The van der Waals surface area contributed by atoms with Gasteiger partial charge >= 0.3 is 5.97 Å². The molecule has 0 spiro atoms. The first-order valence-electron chi connectivity index (χ1n) is 8.53. The van der Waals surface area contributed by atoms with Crippen LogP contribution in [0.5, 0.6) is 0 Å². The fourth-order valence-corrected chi connectivity index (χ4v) is 3.25. The first kappa shape index (κ1) is 15.8. The Kier molecular flexibility index (Phi) is 4.51. The Labute approximate surface area is 138 Å². The fourth-order valence-electron chi connectivity index (χ4n) is 3.25. The summed E-state index contributed by atoms with van der Waals surface area (Å²) in [5, 5.41) is 2.41. The van der Waals surface area contributed by atoms with Gasteiger partial charge in [0.05, 0.1) is 5.92 Å². The Balaban J connectivity index is 2.08. The first-order valence-corrected chi connectivity index (χ1v) is 8.53. The number of allylic oxidation sites excluding steroid dienone is 1. The van der Waals surface area contributed by atoms with E-state index in [0.29, 0.717) is 0 Å². The standard InChI is InChI=1S/C21H24O2/c1-4-14(2)21(22)23-15(3)20-18-11-7-5-9-16(18)13-17-10-6-8-12-19(17)20/h5,7-9,11-15H,4,6,10H2,1-3H3. The van der Waals surface area contributed by atoms with Crippen LogP contribution in [-0.4, -0.2) is 5.97 Å². The fraction of sp³-hybridized carbons (Fsp3) is 0.381. The summed E-state index contributed by atoms with van der Waals surface area (Å²) in [6.45, 7) is 5.93.